The maximum absolute atomic E-state index is 11.8. The Balaban J connectivity index is 2.70. The zero-order valence-corrected chi connectivity index (χ0v) is 11.5. The minimum atomic E-state index is -0.183. The van der Waals surface area contributed by atoms with Gasteiger partial charge in [-0.25, -0.2) is 4.98 Å². The van der Waals surface area contributed by atoms with Crippen LogP contribution in [0.25, 0.3) is 0 Å². The molecule has 0 spiro atoms. The molecule has 1 amide bonds. The van der Waals surface area contributed by atoms with Gasteiger partial charge in [0.05, 0.1) is 0 Å². The van der Waals surface area contributed by atoms with Gasteiger partial charge in [-0.05, 0) is 40.9 Å². The summed E-state index contributed by atoms with van der Waals surface area (Å²) in [6.07, 6.45) is 1.59. The van der Waals surface area contributed by atoms with Crippen LogP contribution in [0.3, 0.4) is 0 Å². The molecule has 0 aliphatic rings. The van der Waals surface area contributed by atoms with Gasteiger partial charge in [-0.3, -0.25) is 4.79 Å². The van der Waals surface area contributed by atoms with E-state index in [0.717, 1.165) is 0 Å². The van der Waals surface area contributed by atoms with E-state index in [1.807, 2.05) is 13.8 Å². The lowest BCUT2D eigenvalue weighted by atomic mass is 10.1. The van der Waals surface area contributed by atoms with Crippen LogP contribution in [0.4, 0.5) is 0 Å². The lowest BCUT2D eigenvalue weighted by Gasteiger charge is -2.18. The smallest absolute Gasteiger partial charge is 0.271 e. The van der Waals surface area contributed by atoms with Crippen molar-refractivity contribution in [3.8, 4) is 0 Å². The summed E-state index contributed by atoms with van der Waals surface area (Å²) in [7, 11) is 0. The standard InChI is InChI=1S/C11H14BrClN2O/c1-7(6-13)8(2)15-11(16)10-9(12)4-3-5-14-10/h3-5,7-8H,6H2,1-2H3,(H,15,16). The summed E-state index contributed by atoms with van der Waals surface area (Å²) in [5.74, 6) is 0.565. The molecule has 5 heteroatoms. The molecule has 0 bridgehead atoms. The maximum Gasteiger partial charge on any atom is 0.271 e. The number of hydrogen-bond donors (Lipinski definition) is 1. The van der Waals surface area contributed by atoms with E-state index >= 15 is 0 Å². The molecule has 16 heavy (non-hydrogen) atoms. The Morgan fingerprint density at radius 1 is 1.62 bits per heavy atom. The monoisotopic (exact) mass is 304 g/mol. The maximum atomic E-state index is 11.8. The van der Waals surface area contributed by atoms with Crippen molar-refractivity contribution < 1.29 is 4.79 Å². The van der Waals surface area contributed by atoms with Crippen LogP contribution < -0.4 is 5.32 Å². The van der Waals surface area contributed by atoms with E-state index in [1.165, 1.54) is 0 Å². The minimum Gasteiger partial charge on any atom is -0.348 e. The molecule has 0 saturated heterocycles. The van der Waals surface area contributed by atoms with E-state index in [1.54, 1.807) is 18.3 Å². The Morgan fingerprint density at radius 3 is 2.88 bits per heavy atom. The van der Waals surface area contributed by atoms with E-state index in [0.29, 0.717) is 16.0 Å². The van der Waals surface area contributed by atoms with Crippen LogP contribution in [0.15, 0.2) is 22.8 Å². The summed E-state index contributed by atoms with van der Waals surface area (Å²) >= 11 is 9.02. The van der Waals surface area contributed by atoms with Crippen LogP contribution in [0.1, 0.15) is 24.3 Å². The van der Waals surface area contributed by atoms with Gasteiger partial charge in [0.2, 0.25) is 0 Å². The van der Waals surface area contributed by atoms with Crippen LogP contribution in [0, 0.1) is 5.92 Å². The first-order chi connectivity index (χ1) is 7.56. The van der Waals surface area contributed by atoms with E-state index in [-0.39, 0.29) is 17.9 Å². The van der Waals surface area contributed by atoms with Crippen LogP contribution in [0.5, 0.6) is 0 Å². The second-order valence-electron chi connectivity index (χ2n) is 3.73. The summed E-state index contributed by atoms with van der Waals surface area (Å²) < 4.78 is 0.693. The van der Waals surface area contributed by atoms with E-state index < -0.39 is 0 Å². The van der Waals surface area contributed by atoms with Crippen molar-refractivity contribution in [2.75, 3.05) is 5.88 Å². The third-order valence-corrected chi connectivity index (χ3v) is 3.56. The minimum absolute atomic E-state index is 0.0268. The van der Waals surface area contributed by atoms with Crippen molar-refractivity contribution in [1.82, 2.24) is 10.3 Å². The Labute approximate surface area is 109 Å². The number of pyridine rings is 1. The highest BCUT2D eigenvalue weighted by Gasteiger charge is 2.17. The quantitative estimate of drug-likeness (QED) is 0.869. The number of carbonyl (C=O) groups is 1. The molecule has 3 nitrogen and oxygen atoms in total. The van der Waals surface area contributed by atoms with E-state index in [9.17, 15) is 4.79 Å². The van der Waals surface area contributed by atoms with Crippen LogP contribution in [-0.2, 0) is 0 Å². The molecule has 0 aliphatic carbocycles. The number of carbonyl (C=O) groups excluding carboxylic acids is 1. The van der Waals surface area contributed by atoms with Crippen molar-refractivity contribution in [3.63, 3.8) is 0 Å². The molecule has 2 unspecified atom stereocenters. The van der Waals surface area contributed by atoms with Gasteiger partial charge in [-0.2, -0.15) is 0 Å². The lowest BCUT2D eigenvalue weighted by molar-refractivity contribution is 0.0925. The average molecular weight is 306 g/mol. The number of amides is 1. The normalized spacial score (nSPS) is 14.2. The van der Waals surface area contributed by atoms with Crippen molar-refractivity contribution in [2.45, 2.75) is 19.9 Å². The SMILES string of the molecule is CC(CCl)C(C)NC(=O)c1ncccc1Br. The zero-order valence-electron chi connectivity index (χ0n) is 9.21. The molecule has 0 aromatic carbocycles. The molecule has 0 saturated carbocycles. The van der Waals surface area contributed by atoms with Crippen LogP contribution in [-0.4, -0.2) is 22.8 Å². The van der Waals surface area contributed by atoms with E-state index in [2.05, 4.69) is 26.2 Å². The molecule has 1 aromatic rings. The van der Waals surface area contributed by atoms with Crippen LogP contribution in [0.2, 0.25) is 0 Å². The fourth-order valence-electron chi connectivity index (χ4n) is 1.10. The van der Waals surface area contributed by atoms with Crippen molar-refractivity contribution >= 4 is 33.4 Å². The fraction of sp³-hybridized carbons (Fsp3) is 0.455. The van der Waals surface area contributed by atoms with E-state index in [4.69, 9.17) is 11.6 Å². The topological polar surface area (TPSA) is 42.0 Å². The van der Waals surface area contributed by atoms with Gasteiger partial charge in [0.25, 0.3) is 5.91 Å². The lowest BCUT2D eigenvalue weighted by Crippen LogP contribution is -2.38. The first-order valence-corrected chi connectivity index (χ1v) is 6.36. The summed E-state index contributed by atoms with van der Waals surface area (Å²) in [5.41, 5.74) is 0.399. The molecular weight excluding hydrogens is 291 g/mol. The Morgan fingerprint density at radius 2 is 2.31 bits per heavy atom. The molecule has 1 rings (SSSR count). The molecular formula is C11H14BrClN2O. The number of aromatic nitrogens is 1. The number of hydrogen-bond acceptors (Lipinski definition) is 2. The molecule has 0 fully saturated rings. The second kappa shape index (κ2) is 6.21. The van der Waals surface area contributed by atoms with Gasteiger partial charge in [-0.15, -0.1) is 11.6 Å². The van der Waals surface area contributed by atoms with Gasteiger partial charge in [-0.1, -0.05) is 6.92 Å². The first kappa shape index (κ1) is 13.5. The largest absolute Gasteiger partial charge is 0.348 e. The third kappa shape index (κ3) is 3.46. The van der Waals surface area contributed by atoms with Gasteiger partial charge in [0.1, 0.15) is 5.69 Å². The number of nitrogens with zero attached hydrogens (tertiary/aromatic N) is 1. The highest BCUT2D eigenvalue weighted by Crippen LogP contribution is 2.14. The molecule has 0 radical (unpaired) electrons. The van der Waals surface area contributed by atoms with Crippen molar-refractivity contribution in [2.24, 2.45) is 5.92 Å². The molecule has 1 N–H and O–H groups in total. The average Bonchev–Trinajstić information content (AvgIpc) is 2.28. The van der Waals surface area contributed by atoms with Crippen LogP contribution >= 0.6 is 27.5 Å². The Hall–Kier alpha value is -0.610. The summed E-state index contributed by atoms with van der Waals surface area (Å²) in [6, 6.07) is 3.59. The molecule has 2 atom stereocenters. The van der Waals surface area contributed by atoms with Gasteiger partial charge < -0.3 is 5.32 Å². The Kier molecular flexibility index (Phi) is 5.22. The zero-order chi connectivity index (χ0) is 12.1. The number of rotatable bonds is 4. The third-order valence-electron chi connectivity index (χ3n) is 2.43. The molecule has 88 valence electrons. The van der Waals surface area contributed by atoms with Gasteiger partial charge >= 0.3 is 0 Å². The highest BCUT2D eigenvalue weighted by molar-refractivity contribution is 9.10. The summed E-state index contributed by atoms with van der Waals surface area (Å²) in [6.45, 7) is 3.92. The molecule has 1 heterocycles. The van der Waals surface area contributed by atoms with Gasteiger partial charge in [0.15, 0.2) is 0 Å². The highest BCUT2D eigenvalue weighted by atomic mass is 79.9. The predicted molar refractivity (Wildman–Crippen MR) is 68.7 cm³/mol. The fourth-order valence-corrected chi connectivity index (χ4v) is 1.81. The molecule has 1 aromatic heterocycles. The number of nitrogens with one attached hydrogen (secondary N) is 1. The van der Waals surface area contributed by atoms with Gasteiger partial charge in [0, 0.05) is 22.6 Å². The summed E-state index contributed by atoms with van der Waals surface area (Å²) in [4.78, 5) is 15.9. The second-order valence-corrected chi connectivity index (χ2v) is 4.89. The van der Waals surface area contributed by atoms with Crippen molar-refractivity contribution in [3.05, 3.63) is 28.5 Å². The van der Waals surface area contributed by atoms with Crippen molar-refractivity contribution in [1.29, 1.82) is 0 Å². The summed E-state index contributed by atoms with van der Waals surface area (Å²) in [5, 5.41) is 2.87. The molecule has 0 aliphatic heterocycles. The Bertz CT molecular complexity index is 373. The predicted octanol–water partition coefficient (Wildman–Crippen LogP) is 2.84. The number of halogens is 2. The number of alkyl halides is 1. The first-order valence-electron chi connectivity index (χ1n) is 5.03.